The molecule has 0 fully saturated rings. The van der Waals surface area contributed by atoms with Crippen LogP contribution in [0.4, 0.5) is 0 Å². The molecule has 2 aromatic heterocycles. The van der Waals surface area contributed by atoms with E-state index in [2.05, 4.69) is 58.3 Å². The molecule has 3 heteroatoms. The fraction of sp³-hybridized carbons (Fsp3) is 0.364. The Labute approximate surface area is 97.5 Å². The quantitative estimate of drug-likeness (QED) is 0.778. The predicted octanol–water partition coefficient (Wildman–Crippen LogP) is 3.30. The summed E-state index contributed by atoms with van der Waals surface area (Å²) < 4.78 is 3.52. The van der Waals surface area contributed by atoms with Gasteiger partial charge in [0.25, 0.3) is 0 Å². The zero-order valence-corrected chi connectivity index (χ0v) is 10.5. The van der Waals surface area contributed by atoms with Crippen molar-refractivity contribution in [2.45, 2.75) is 20.4 Å². The molecule has 0 aromatic carbocycles. The highest BCUT2D eigenvalue weighted by Crippen LogP contribution is 2.21. The van der Waals surface area contributed by atoms with E-state index in [-0.39, 0.29) is 0 Å². The van der Waals surface area contributed by atoms with Gasteiger partial charge >= 0.3 is 0 Å². The van der Waals surface area contributed by atoms with Crippen LogP contribution in [0.5, 0.6) is 0 Å². The highest BCUT2D eigenvalue weighted by molar-refractivity contribution is 14.1. The minimum atomic E-state index is 0.656. The van der Waals surface area contributed by atoms with E-state index in [4.69, 9.17) is 0 Å². The summed E-state index contributed by atoms with van der Waals surface area (Å²) in [6, 6.07) is 4.12. The minimum Gasteiger partial charge on any atom is -0.331 e. The van der Waals surface area contributed by atoms with E-state index in [9.17, 15) is 0 Å². The Balaban J connectivity index is 2.55. The molecular formula is C11H13IN2. The predicted molar refractivity (Wildman–Crippen MR) is 67.3 cm³/mol. The molecule has 0 aliphatic carbocycles. The summed E-state index contributed by atoms with van der Waals surface area (Å²) in [6.07, 6.45) is 4.04. The third-order valence-corrected chi connectivity index (χ3v) is 3.01. The molecule has 0 atom stereocenters. The van der Waals surface area contributed by atoms with E-state index >= 15 is 0 Å². The lowest BCUT2D eigenvalue weighted by molar-refractivity contribution is 0.532. The van der Waals surface area contributed by atoms with Gasteiger partial charge < -0.3 is 4.57 Å². The van der Waals surface area contributed by atoms with Gasteiger partial charge in [-0.2, -0.15) is 0 Å². The molecule has 0 spiro atoms. The van der Waals surface area contributed by atoms with Crippen molar-refractivity contribution in [1.29, 1.82) is 0 Å². The minimum absolute atomic E-state index is 0.656. The number of pyridine rings is 1. The average molecular weight is 300 g/mol. The number of rotatable bonds is 2. The summed E-state index contributed by atoms with van der Waals surface area (Å²) in [5, 5.41) is 1.26. The number of fused-ring (bicyclic) bond motifs is 1. The van der Waals surface area contributed by atoms with Crippen molar-refractivity contribution < 1.29 is 0 Å². The molecule has 0 radical (unpaired) electrons. The van der Waals surface area contributed by atoms with E-state index in [1.807, 2.05) is 12.3 Å². The SMILES string of the molecule is CC(C)Cn1cc(I)c2cccnc21. The standard InChI is InChI=1S/C11H13IN2/c1-8(2)6-14-7-10(12)9-4-3-5-13-11(9)14/h3-5,7-8H,6H2,1-2H3. The topological polar surface area (TPSA) is 17.8 Å². The maximum atomic E-state index is 4.41. The number of halogens is 1. The maximum Gasteiger partial charge on any atom is 0.140 e. The first-order valence-electron chi connectivity index (χ1n) is 4.78. The smallest absolute Gasteiger partial charge is 0.140 e. The number of aromatic nitrogens is 2. The zero-order chi connectivity index (χ0) is 10.1. The summed E-state index contributed by atoms with van der Waals surface area (Å²) >= 11 is 2.36. The summed E-state index contributed by atoms with van der Waals surface area (Å²) in [7, 11) is 0. The Morgan fingerprint density at radius 2 is 2.29 bits per heavy atom. The monoisotopic (exact) mass is 300 g/mol. The summed E-state index contributed by atoms with van der Waals surface area (Å²) in [5.41, 5.74) is 1.10. The molecule has 2 aromatic rings. The van der Waals surface area contributed by atoms with Crippen LogP contribution >= 0.6 is 22.6 Å². The molecular weight excluding hydrogens is 287 g/mol. The Kier molecular flexibility index (Phi) is 2.76. The number of nitrogens with zero attached hydrogens (tertiary/aromatic N) is 2. The second-order valence-corrected chi connectivity index (χ2v) is 5.06. The zero-order valence-electron chi connectivity index (χ0n) is 8.37. The first kappa shape index (κ1) is 9.96. The van der Waals surface area contributed by atoms with Crippen molar-refractivity contribution in [3.05, 3.63) is 28.1 Å². The molecule has 0 amide bonds. The van der Waals surface area contributed by atoms with Gasteiger partial charge in [-0.15, -0.1) is 0 Å². The first-order valence-corrected chi connectivity index (χ1v) is 5.85. The molecule has 0 N–H and O–H groups in total. The van der Waals surface area contributed by atoms with E-state index < -0.39 is 0 Å². The van der Waals surface area contributed by atoms with Crippen LogP contribution in [0.15, 0.2) is 24.5 Å². The number of hydrogen-bond donors (Lipinski definition) is 0. The summed E-state index contributed by atoms with van der Waals surface area (Å²) in [5.74, 6) is 0.656. The van der Waals surface area contributed by atoms with Gasteiger partial charge in [-0.25, -0.2) is 4.98 Å². The van der Waals surface area contributed by atoms with Crippen molar-refractivity contribution in [2.24, 2.45) is 5.92 Å². The van der Waals surface area contributed by atoms with Gasteiger partial charge in [-0.1, -0.05) is 13.8 Å². The van der Waals surface area contributed by atoms with E-state index in [0.717, 1.165) is 12.2 Å². The van der Waals surface area contributed by atoms with Crippen molar-refractivity contribution in [2.75, 3.05) is 0 Å². The van der Waals surface area contributed by atoms with Crippen molar-refractivity contribution >= 4 is 33.6 Å². The largest absolute Gasteiger partial charge is 0.331 e. The van der Waals surface area contributed by atoms with Gasteiger partial charge in [0, 0.05) is 27.9 Å². The normalized spacial score (nSPS) is 11.4. The molecule has 2 nitrogen and oxygen atoms in total. The Hall–Kier alpha value is -0.580. The van der Waals surface area contributed by atoms with Crippen molar-refractivity contribution in [3.8, 4) is 0 Å². The third kappa shape index (κ3) is 1.78. The third-order valence-electron chi connectivity index (χ3n) is 2.15. The van der Waals surface area contributed by atoms with Crippen LogP contribution in [-0.2, 0) is 6.54 Å². The van der Waals surface area contributed by atoms with Crippen LogP contribution in [-0.4, -0.2) is 9.55 Å². The highest BCUT2D eigenvalue weighted by atomic mass is 127. The molecule has 0 bridgehead atoms. The fourth-order valence-electron chi connectivity index (χ4n) is 1.61. The molecule has 0 aliphatic rings. The lowest BCUT2D eigenvalue weighted by Gasteiger charge is -2.06. The van der Waals surface area contributed by atoms with Crippen LogP contribution < -0.4 is 0 Å². The Bertz CT molecular complexity index is 445. The lowest BCUT2D eigenvalue weighted by atomic mass is 10.2. The molecule has 0 aliphatic heterocycles. The van der Waals surface area contributed by atoms with Crippen molar-refractivity contribution in [1.82, 2.24) is 9.55 Å². The molecule has 2 heterocycles. The fourth-order valence-corrected chi connectivity index (χ4v) is 2.37. The van der Waals surface area contributed by atoms with Crippen molar-refractivity contribution in [3.63, 3.8) is 0 Å². The van der Waals surface area contributed by atoms with Gasteiger partial charge in [-0.3, -0.25) is 0 Å². The van der Waals surface area contributed by atoms with Gasteiger partial charge in [0.2, 0.25) is 0 Å². The van der Waals surface area contributed by atoms with Gasteiger partial charge in [-0.05, 0) is 40.6 Å². The highest BCUT2D eigenvalue weighted by Gasteiger charge is 2.07. The Morgan fingerprint density at radius 3 is 3.00 bits per heavy atom. The van der Waals surface area contributed by atoms with Gasteiger partial charge in [0.1, 0.15) is 5.65 Å². The van der Waals surface area contributed by atoms with Crippen LogP contribution in [0.3, 0.4) is 0 Å². The summed E-state index contributed by atoms with van der Waals surface area (Å²) in [4.78, 5) is 4.41. The Morgan fingerprint density at radius 1 is 1.50 bits per heavy atom. The van der Waals surface area contributed by atoms with Crippen LogP contribution in [0, 0.1) is 9.49 Å². The summed E-state index contributed by atoms with van der Waals surface area (Å²) in [6.45, 7) is 5.49. The second-order valence-electron chi connectivity index (χ2n) is 3.90. The number of hydrogen-bond acceptors (Lipinski definition) is 1. The van der Waals surface area contributed by atoms with E-state index in [1.54, 1.807) is 0 Å². The first-order chi connectivity index (χ1) is 6.68. The second kappa shape index (κ2) is 3.88. The van der Waals surface area contributed by atoms with Crippen LogP contribution in [0.25, 0.3) is 11.0 Å². The molecule has 14 heavy (non-hydrogen) atoms. The molecule has 0 saturated heterocycles. The van der Waals surface area contributed by atoms with E-state index in [1.165, 1.54) is 8.96 Å². The van der Waals surface area contributed by atoms with Crippen LogP contribution in [0.2, 0.25) is 0 Å². The molecule has 0 saturated carbocycles. The van der Waals surface area contributed by atoms with Crippen LogP contribution in [0.1, 0.15) is 13.8 Å². The maximum absolute atomic E-state index is 4.41. The molecule has 74 valence electrons. The lowest BCUT2D eigenvalue weighted by Crippen LogP contribution is -2.03. The molecule has 0 unspecified atom stereocenters. The van der Waals surface area contributed by atoms with Gasteiger partial charge in [0.05, 0.1) is 0 Å². The average Bonchev–Trinajstić information content (AvgIpc) is 2.44. The molecule has 2 rings (SSSR count). The van der Waals surface area contributed by atoms with Gasteiger partial charge in [0.15, 0.2) is 0 Å². The van der Waals surface area contributed by atoms with E-state index in [0.29, 0.717) is 5.92 Å².